The molecule has 0 bridgehead atoms. The molecule has 0 radical (unpaired) electrons. The van der Waals surface area contributed by atoms with Gasteiger partial charge < -0.3 is 5.32 Å². The zero-order valence-electron chi connectivity index (χ0n) is 15.1. The van der Waals surface area contributed by atoms with Gasteiger partial charge in [-0.05, 0) is 23.6 Å². The fourth-order valence-electron chi connectivity index (χ4n) is 3.13. The van der Waals surface area contributed by atoms with Gasteiger partial charge in [0.05, 0.1) is 0 Å². The Morgan fingerprint density at radius 1 is 1.11 bits per heavy atom. The summed E-state index contributed by atoms with van der Waals surface area (Å²) in [6.07, 6.45) is 3.36. The van der Waals surface area contributed by atoms with Crippen LogP contribution >= 0.6 is 0 Å². The molecule has 3 aromatic rings. The molecule has 0 saturated carbocycles. The second-order valence-electron chi connectivity index (χ2n) is 6.43. The summed E-state index contributed by atoms with van der Waals surface area (Å²) in [7, 11) is 0. The molecule has 27 heavy (non-hydrogen) atoms. The Morgan fingerprint density at radius 2 is 1.81 bits per heavy atom. The van der Waals surface area contributed by atoms with Crippen LogP contribution in [-0.4, -0.2) is 20.7 Å². The first-order valence-corrected chi connectivity index (χ1v) is 9.10. The molecule has 1 aliphatic rings. The van der Waals surface area contributed by atoms with Crippen LogP contribution < -0.4 is 10.6 Å². The second kappa shape index (κ2) is 7.45. The highest BCUT2D eigenvalue weighted by molar-refractivity contribution is 5.89. The highest BCUT2D eigenvalue weighted by Crippen LogP contribution is 2.33. The lowest BCUT2D eigenvalue weighted by molar-refractivity contribution is -0.116. The third-order valence-electron chi connectivity index (χ3n) is 4.42. The summed E-state index contributed by atoms with van der Waals surface area (Å²) in [6, 6.07) is 20.1. The normalized spacial score (nSPS) is 15.4. The van der Waals surface area contributed by atoms with Crippen LogP contribution in [0, 0.1) is 0 Å². The summed E-state index contributed by atoms with van der Waals surface area (Å²) in [5, 5.41) is 10.6. The van der Waals surface area contributed by atoms with Crippen LogP contribution in [0.1, 0.15) is 36.9 Å². The first-order chi connectivity index (χ1) is 13.2. The molecule has 136 valence electrons. The lowest BCUT2D eigenvalue weighted by Gasteiger charge is -2.24. The van der Waals surface area contributed by atoms with Crippen molar-refractivity contribution in [1.82, 2.24) is 14.8 Å². The van der Waals surface area contributed by atoms with Crippen LogP contribution in [0.4, 0.5) is 11.9 Å². The maximum Gasteiger partial charge on any atom is 0.250 e. The molecule has 0 saturated heterocycles. The number of anilines is 2. The molecule has 2 N–H and O–H groups in total. The minimum atomic E-state index is -0.109. The van der Waals surface area contributed by atoms with Gasteiger partial charge in [-0.2, -0.15) is 4.98 Å². The van der Waals surface area contributed by atoms with Gasteiger partial charge in [-0.3, -0.25) is 10.1 Å². The van der Waals surface area contributed by atoms with E-state index in [1.54, 1.807) is 0 Å². The van der Waals surface area contributed by atoms with Crippen LogP contribution in [0.3, 0.4) is 0 Å². The molecule has 2 aromatic carbocycles. The molecule has 1 aliphatic heterocycles. The molecule has 1 atom stereocenters. The second-order valence-corrected chi connectivity index (χ2v) is 6.43. The number of nitrogens with one attached hydrogen (secondary N) is 2. The monoisotopic (exact) mass is 359 g/mol. The zero-order valence-corrected chi connectivity index (χ0v) is 15.1. The average Bonchev–Trinajstić information content (AvgIpc) is 3.11. The maximum atomic E-state index is 11.9. The van der Waals surface area contributed by atoms with Crippen molar-refractivity contribution >= 4 is 23.5 Å². The van der Waals surface area contributed by atoms with Gasteiger partial charge in [-0.15, -0.1) is 5.10 Å². The van der Waals surface area contributed by atoms with E-state index in [-0.39, 0.29) is 11.9 Å². The highest BCUT2D eigenvalue weighted by atomic mass is 16.1. The van der Waals surface area contributed by atoms with Gasteiger partial charge in [0, 0.05) is 12.1 Å². The molecule has 2 heterocycles. The number of amides is 1. The summed E-state index contributed by atoms with van der Waals surface area (Å²) in [6.45, 7) is 1.97. The van der Waals surface area contributed by atoms with Crippen molar-refractivity contribution in [2.24, 2.45) is 0 Å². The number of hydrogen-bond acceptors (Lipinski definition) is 4. The summed E-state index contributed by atoms with van der Waals surface area (Å²) < 4.78 is 1.81. The Balaban J connectivity index is 1.73. The van der Waals surface area contributed by atoms with E-state index in [1.807, 2.05) is 48.0 Å². The van der Waals surface area contributed by atoms with Gasteiger partial charge in [0.1, 0.15) is 6.04 Å². The number of nitrogens with zero attached hydrogens (tertiary/aromatic N) is 3. The minimum Gasteiger partial charge on any atom is -0.324 e. The lowest BCUT2D eigenvalue weighted by atomic mass is 10.0. The minimum absolute atomic E-state index is 0.0760. The molecule has 1 aromatic heterocycles. The summed E-state index contributed by atoms with van der Waals surface area (Å²) in [5.41, 5.74) is 3.14. The molecule has 1 amide bonds. The summed E-state index contributed by atoms with van der Waals surface area (Å²) >= 11 is 0. The highest BCUT2D eigenvalue weighted by Gasteiger charge is 2.25. The quantitative estimate of drug-likeness (QED) is 0.720. The Kier molecular flexibility index (Phi) is 4.70. The zero-order chi connectivity index (χ0) is 18.6. The fourth-order valence-corrected chi connectivity index (χ4v) is 3.13. The first kappa shape index (κ1) is 17.0. The standard InChI is InChI=1S/C21H21N5O/c1-2-9-19(27)23-20-24-21-22-17(15-10-5-3-6-11-15)14-18(26(21)25-20)16-12-7-4-8-13-16/h3-8,10-14,18H,2,9H2,1H3,(H2,22,23,24,25,27)/t18-/m1/s1. The number of benzene rings is 2. The predicted octanol–water partition coefficient (Wildman–Crippen LogP) is 4.07. The number of carbonyl (C=O) groups is 1. The van der Waals surface area contributed by atoms with Gasteiger partial charge in [0.2, 0.25) is 11.9 Å². The number of fused-ring (bicyclic) bond motifs is 1. The molecule has 6 heteroatoms. The molecular weight excluding hydrogens is 338 g/mol. The lowest BCUT2D eigenvalue weighted by Crippen LogP contribution is -2.20. The largest absolute Gasteiger partial charge is 0.324 e. The number of carbonyl (C=O) groups excluding carboxylic acids is 1. The third-order valence-corrected chi connectivity index (χ3v) is 4.42. The number of allylic oxidation sites excluding steroid dienone is 1. The van der Waals surface area contributed by atoms with Crippen LogP contribution in [0.2, 0.25) is 0 Å². The van der Waals surface area contributed by atoms with Gasteiger partial charge in [-0.25, -0.2) is 4.68 Å². The van der Waals surface area contributed by atoms with E-state index in [0.29, 0.717) is 18.3 Å². The molecular formula is C21H21N5O. The van der Waals surface area contributed by atoms with E-state index in [0.717, 1.165) is 23.2 Å². The van der Waals surface area contributed by atoms with Crippen LogP contribution in [0.5, 0.6) is 0 Å². The Bertz CT molecular complexity index is 963. The van der Waals surface area contributed by atoms with Crippen molar-refractivity contribution in [2.45, 2.75) is 25.8 Å². The van der Waals surface area contributed by atoms with Crippen molar-refractivity contribution in [1.29, 1.82) is 0 Å². The van der Waals surface area contributed by atoms with Crippen LogP contribution in [-0.2, 0) is 4.79 Å². The fraction of sp³-hybridized carbons (Fsp3) is 0.190. The molecule has 4 rings (SSSR count). The Labute approximate surface area is 157 Å². The van der Waals surface area contributed by atoms with E-state index in [4.69, 9.17) is 0 Å². The van der Waals surface area contributed by atoms with Crippen LogP contribution in [0.25, 0.3) is 5.70 Å². The van der Waals surface area contributed by atoms with Crippen molar-refractivity contribution in [2.75, 3.05) is 10.6 Å². The predicted molar refractivity (Wildman–Crippen MR) is 106 cm³/mol. The SMILES string of the molecule is CCCC(=O)Nc1nc2n(n1)[C@@H](c1ccccc1)C=C(c1ccccc1)N2. The number of aromatic nitrogens is 3. The molecule has 0 fully saturated rings. The van der Waals surface area contributed by atoms with Gasteiger partial charge >= 0.3 is 0 Å². The third kappa shape index (κ3) is 3.60. The average molecular weight is 359 g/mol. The van der Waals surface area contributed by atoms with E-state index in [2.05, 4.69) is 51.1 Å². The number of hydrogen-bond donors (Lipinski definition) is 2. The molecule has 0 unspecified atom stereocenters. The Hall–Kier alpha value is -3.41. The van der Waals surface area contributed by atoms with Gasteiger partial charge in [0.25, 0.3) is 5.95 Å². The first-order valence-electron chi connectivity index (χ1n) is 9.10. The Morgan fingerprint density at radius 3 is 2.52 bits per heavy atom. The molecule has 0 aliphatic carbocycles. The van der Waals surface area contributed by atoms with Crippen molar-refractivity contribution in [3.8, 4) is 0 Å². The topological polar surface area (TPSA) is 71.8 Å². The van der Waals surface area contributed by atoms with E-state index in [1.165, 1.54) is 0 Å². The van der Waals surface area contributed by atoms with E-state index >= 15 is 0 Å². The van der Waals surface area contributed by atoms with Crippen molar-refractivity contribution < 1.29 is 4.79 Å². The van der Waals surface area contributed by atoms with E-state index in [9.17, 15) is 4.79 Å². The molecule has 0 spiro atoms. The van der Waals surface area contributed by atoms with Crippen molar-refractivity contribution in [3.63, 3.8) is 0 Å². The summed E-state index contributed by atoms with van der Waals surface area (Å²) in [5.74, 6) is 0.851. The maximum absolute atomic E-state index is 11.9. The van der Waals surface area contributed by atoms with Crippen LogP contribution in [0.15, 0.2) is 66.7 Å². The van der Waals surface area contributed by atoms with Gasteiger partial charge in [-0.1, -0.05) is 67.6 Å². The number of rotatable bonds is 5. The molecule has 6 nitrogen and oxygen atoms in total. The smallest absolute Gasteiger partial charge is 0.250 e. The van der Waals surface area contributed by atoms with E-state index < -0.39 is 0 Å². The van der Waals surface area contributed by atoms with Gasteiger partial charge in [0.15, 0.2) is 0 Å². The van der Waals surface area contributed by atoms with Crippen molar-refractivity contribution in [3.05, 3.63) is 77.9 Å². The summed E-state index contributed by atoms with van der Waals surface area (Å²) in [4.78, 5) is 16.4.